The number of benzene rings is 2. The van der Waals surface area contributed by atoms with Crippen LogP contribution in [0.15, 0.2) is 66.9 Å². The van der Waals surface area contributed by atoms with Crippen molar-refractivity contribution in [2.75, 3.05) is 31.1 Å². The Hall–Kier alpha value is -3.36. The van der Waals surface area contributed by atoms with E-state index in [1.807, 2.05) is 23.1 Å². The van der Waals surface area contributed by atoms with Gasteiger partial charge in [-0.15, -0.1) is 0 Å². The Labute approximate surface area is 208 Å². The van der Waals surface area contributed by atoms with Gasteiger partial charge in [-0.3, -0.25) is 9.69 Å². The molecule has 2 saturated heterocycles. The predicted octanol–water partition coefficient (Wildman–Crippen LogP) is 5.59. The molecule has 0 bridgehead atoms. The highest BCUT2D eigenvalue weighted by molar-refractivity contribution is 5.95. The van der Waals surface area contributed by atoms with Crippen LogP contribution in [0.5, 0.6) is 0 Å². The Morgan fingerprint density at radius 2 is 1.69 bits per heavy atom. The van der Waals surface area contributed by atoms with Crippen LogP contribution in [0.25, 0.3) is 0 Å². The number of carbonyl (C=O) groups excluding carboxylic acids is 1. The molecule has 0 N–H and O–H groups in total. The first-order valence-electron chi connectivity index (χ1n) is 12.9. The number of likely N-dealkylation sites (tertiary alicyclic amines) is 2. The van der Waals surface area contributed by atoms with E-state index >= 15 is 0 Å². The van der Waals surface area contributed by atoms with E-state index in [9.17, 15) is 4.79 Å². The van der Waals surface area contributed by atoms with Gasteiger partial charge in [-0.2, -0.15) is 5.26 Å². The molecular formula is C30H34N4O. The number of piperidine rings is 2. The molecule has 35 heavy (non-hydrogen) atoms. The number of hydrogen-bond acceptors (Lipinski definition) is 4. The summed E-state index contributed by atoms with van der Waals surface area (Å²) in [6, 6.07) is 16.2. The molecule has 3 heterocycles. The van der Waals surface area contributed by atoms with Crippen LogP contribution in [0.3, 0.4) is 0 Å². The summed E-state index contributed by atoms with van der Waals surface area (Å²) >= 11 is 0. The van der Waals surface area contributed by atoms with Crippen molar-refractivity contribution in [1.29, 1.82) is 5.26 Å². The summed E-state index contributed by atoms with van der Waals surface area (Å²) in [6.45, 7) is 5.88. The Kier molecular flexibility index (Phi) is 7.01. The van der Waals surface area contributed by atoms with Gasteiger partial charge in [0.25, 0.3) is 5.91 Å². The maximum Gasteiger partial charge on any atom is 0.253 e. The summed E-state index contributed by atoms with van der Waals surface area (Å²) in [7, 11) is 0. The summed E-state index contributed by atoms with van der Waals surface area (Å²) in [5.41, 5.74) is 5.02. The number of nitriles is 1. The van der Waals surface area contributed by atoms with Crippen LogP contribution >= 0.6 is 0 Å². The van der Waals surface area contributed by atoms with Crippen molar-refractivity contribution >= 4 is 11.6 Å². The van der Waals surface area contributed by atoms with E-state index in [0.29, 0.717) is 11.5 Å². The molecule has 2 aromatic rings. The predicted molar refractivity (Wildman–Crippen MR) is 140 cm³/mol. The molecule has 2 aromatic carbocycles. The van der Waals surface area contributed by atoms with Crippen LogP contribution in [-0.2, 0) is 0 Å². The monoisotopic (exact) mass is 466 g/mol. The number of anilines is 1. The van der Waals surface area contributed by atoms with E-state index in [1.54, 1.807) is 0 Å². The quantitative estimate of drug-likeness (QED) is 0.590. The molecule has 3 aliphatic rings. The number of amides is 1. The molecule has 3 aliphatic heterocycles. The lowest BCUT2D eigenvalue weighted by Gasteiger charge is -2.41. The molecule has 180 valence electrons. The first kappa shape index (κ1) is 23.4. The van der Waals surface area contributed by atoms with Crippen molar-refractivity contribution < 1.29 is 4.79 Å². The van der Waals surface area contributed by atoms with Crippen LogP contribution in [0.4, 0.5) is 5.69 Å². The maximum absolute atomic E-state index is 13.5. The fourth-order valence-corrected chi connectivity index (χ4v) is 5.64. The van der Waals surface area contributed by atoms with E-state index < -0.39 is 0 Å². The zero-order chi connectivity index (χ0) is 24.2. The lowest BCUT2D eigenvalue weighted by Crippen LogP contribution is -2.48. The zero-order valence-electron chi connectivity index (χ0n) is 20.6. The smallest absolute Gasteiger partial charge is 0.253 e. The Bertz CT molecular complexity index is 1150. The van der Waals surface area contributed by atoms with E-state index in [1.165, 1.54) is 30.4 Å². The minimum atomic E-state index is 0.121. The molecule has 5 rings (SSSR count). The Morgan fingerprint density at radius 3 is 2.40 bits per heavy atom. The van der Waals surface area contributed by atoms with Gasteiger partial charge in [-0.05, 0) is 86.1 Å². The van der Waals surface area contributed by atoms with Gasteiger partial charge in [0.1, 0.15) is 6.17 Å². The van der Waals surface area contributed by atoms with Gasteiger partial charge in [-0.1, -0.05) is 30.7 Å². The van der Waals surface area contributed by atoms with E-state index in [2.05, 4.69) is 71.5 Å². The lowest BCUT2D eigenvalue weighted by atomic mass is 9.89. The molecule has 0 aromatic heterocycles. The Balaban J connectivity index is 1.29. The molecule has 1 amide bonds. The zero-order valence-corrected chi connectivity index (χ0v) is 20.6. The van der Waals surface area contributed by atoms with Crippen LogP contribution < -0.4 is 4.90 Å². The highest BCUT2D eigenvalue weighted by atomic mass is 16.2. The SMILES string of the molecule is Cc1ccc(C(=O)N2CCC(c3ccc(C#N)cc3)CC2)cc1N1C=CC=CC1N1CCCCC1. The molecule has 1 unspecified atom stereocenters. The van der Waals surface area contributed by atoms with Gasteiger partial charge < -0.3 is 9.80 Å². The van der Waals surface area contributed by atoms with Gasteiger partial charge >= 0.3 is 0 Å². The second-order valence-electron chi connectivity index (χ2n) is 9.95. The fourth-order valence-electron chi connectivity index (χ4n) is 5.64. The van der Waals surface area contributed by atoms with Gasteiger partial charge in [-0.25, -0.2) is 0 Å². The van der Waals surface area contributed by atoms with Gasteiger partial charge in [0.15, 0.2) is 0 Å². The number of aryl methyl sites for hydroxylation is 1. The second kappa shape index (κ2) is 10.5. The van der Waals surface area contributed by atoms with Crippen molar-refractivity contribution in [2.24, 2.45) is 0 Å². The third-order valence-corrected chi connectivity index (χ3v) is 7.72. The highest BCUT2D eigenvalue weighted by Crippen LogP contribution is 2.31. The van der Waals surface area contributed by atoms with Crippen molar-refractivity contribution in [3.05, 3.63) is 89.1 Å². The molecule has 2 fully saturated rings. The minimum absolute atomic E-state index is 0.121. The number of rotatable bonds is 4. The van der Waals surface area contributed by atoms with Gasteiger partial charge in [0, 0.05) is 43.6 Å². The fraction of sp³-hybridized carbons (Fsp3) is 0.400. The molecule has 5 nitrogen and oxygen atoms in total. The van der Waals surface area contributed by atoms with E-state index in [0.717, 1.165) is 50.3 Å². The van der Waals surface area contributed by atoms with Crippen LogP contribution in [0.2, 0.25) is 0 Å². The van der Waals surface area contributed by atoms with Crippen molar-refractivity contribution in [3.63, 3.8) is 0 Å². The number of hydrogen-bond donors (Lipinski definition) is 0. The molecule has 0 aliphatic carbocycles. The van der Waals surface area contributed by atoms with E-state index in [4.69, 9.17) is 5.26 Å². The standard InChI is InChI=1S/C30H34N4O/c1-23-8-11-27(21-28(23)34-18-6-3-7-29(34)32-16-4-2-5-17-32)30(35)33-19-14-26(15-20-33)25-12-9-24(22-31)10-13-25/h3,6-13,18,21,26,29H,2,4-5,14-17,19-20H2,1H3. The third-order valence-electron chi connectivity index (χ3n) is 7.72. The molecule has 5 heteroatoms. The minimum Gasteiger partial charge on any atom is -0.339 e. The number of allylic oxidation sites excluding steroid dienone is 2. The Morgan fingerprint density at radius 1 is 0.943 bits per heavy atom. The molecular weight excluding hydrogens is 432 g/mol. The van der Waals surface area contributed by atoms with Gasteiger partial charge in [0.2, 0.25) is 0 Å². The average Bonchev–Trinajstić information content (AvgIpc) is 2.93. The highest BCUT2D eigenvalue weighted by Gasteiger charge is 2.28. The summed E-state index contributed by atoms with van der Waals surface area (Å²) in [5, 5.41) is 9.04. The van der Waals surface area contributed by atoms with Crippen LogP contribution in [0, 0.1) is 18.3 Å². The number of carbonyl (C=O) groups is 1. The van der Waals surface area contributed by atoms with Crippen molar-refractivity contribution in [3.8, 4) is 6.07 Å². The molecule has 0 saturated carbocycles. The molecule has 1 atom stereocenters. The average molecular weight is 467 g/mol. The summed E-state index contributed by atoms with van der Waals surface area (Å²) in [4.78, 5) is 20.4. The topological polar surface area (TPSA) is 50.6 Å². The summed E-state index contributed by atoms with van der Waals surface area (Å²) in [5.74, 6) is 0.562. The van der Waals surface area contributed by atoms with Crippen LogP contribution in [-0.4, -0.2) is 48.1 Å². The first-order valence-corrected chi connectivity index (χ1v) is 12.9. The van der Waals surface area contributed by atoms with Crippen molar-refractivity contribution in [1.82, 2.24) is 9.80 Å². The largest absolute Gasteiger partial charge is 0.339 e. The van der Waals surface area contributed by atoms with E-state index in [-0.39, 0.29) is 12.1 Å². The van der Waals surface area contributed by atoms with Crippen LogP contribution in [0.1, 0.15) is 65.1 Å². The maximum atomic E-state index is 13.5. The third kappa shape index (κ3) is 5.04. The molecule has 0 radical (unpaired) electrons. The first-order chi connectivity index (χ1) is 17.1. The lowest BCUT2D eigenvalue weighted by molar-refractivity contribution is 0.0713. The second-order valence-corrected chi connectivity index (χ2v) is 9.95. The summed E-state index contributed by atoms with van der Waals surface area (Å²) in [6.07, 6.45) is 14.6. The summed E-state index contributed by atoms with van der Waals surface area (Å²) < 4.78 is 0. The van der Waals surface area contributed by atoms with Gasteiger partial charge in [0.05, 0.1) is 11.6 Å². The van der Waals surface area contributed by atoms with Crippen molar-refractivity contribution in [2.45, 2.75) is 51.1 Å². The normalized spacial score (nSPS) is 21.2. The number of nitrogens with zero attached hydrogens (tertiary/aromatic N) is 4. The molecule has 0 spiro atoms.